The lowest BCUT2D eigenvalue weighted by atomic mass is 9.45. The van der Waals surface area contributed by atoms with Crippen molar-refractivity contribution in [3.63, 3.8) is 0 Å². The van der Waals surface area contributed by atoms with Crippen molar-refractivity contribution in [2.45, 2.75) is 104 Å². The molecule has 0 nitrogen and oxygen atoms in total. The Hall–Kier alpha value is 0. The largest absolute Gasteiger partial charge is 0.0596 e. The molecule has 0 heteroatoms. The van der Waals surface area contributed by atoms with Crippen LogP contribution in [0.1, 0.15) is 104 Å². The van der Waals surface area contributed by atoms with Gasteiger partial charge in [0.05, 0.1) is 0 Å². The molecule has 0 spiro atoms. The Bertz CT molecular complexity index is 424. The van der Waals surface area contributed by atoms with Gasteiger partial charge in [-0.05, 0) is 97.7 Å². The van der Waals surface area contributed by atoms with Gasteiger partial charge in [0, 0.05) is 0 Å². The molecule has 0 aromatic carbocycles. The van der Waals surface area contributed by atoms with Crippen LogP contribution in [0.4, 0.5) is 0 Å². The van der Waals surface area contributed by atoms with Gasteiger partial charge in [-0.2, -0.15) is 0 Å². The summed E-state index contributed by atoms with van der Waals surface area (Å²) < 4.78 is 0. The van der Waals surface area contributed by atoms with E-state index in [0.717, 1.165) is 22.7 Å². The highest BCUT2D eigenvalue weighted by molar-refractivity contribution is 5.04. The van der Waals surface area contributed by atoms with Crippen molar-refractivity contribution in [2.24, 2.45) is 46.3 Å². The van der Waals surface area contributed by atoms with Crippen LogP contribution < -0.4 is 0 Å². The zero-order valence-electron chi connectivity index (χ0n) is 16.4. The Morgan fingerprint density at radius 1 is 0.583 bits per heavy atom. The predicted molar refractivity (Wildman–Crippen MR) is 102 cm³/mol. The first kappa shape index (κ1) is 16.2. The maximum absolute atomic E-state index is 2.54. The molecule has 2 atom stereocenters. The predicted octanol–water partition coefficient (Wildman–Crippen LogP) is 7.23. The number of rotatable bonds is 0. The molecule has 0 N–H and O–H groups in total. The van der Waals surface area contributed by atoms with E-state index in [4.69, 9.17) is 0 Å². The summed E-state index contributed by atoms with van der Waals surface area (Å²) >= 11 is 0. The summed E-state index contributed by atoms with van der Waals surface area (Å²) in [6, 6.07) is 0. The third kappa shape index (κ3) is 2.79. The average molecular weight is 329 g/mol. The summed E-state index contributed by atoms with van der Waals surface area (Å²) in [5.74, 6) is 6.95. The van der Waals surface area contributed by atoms with Crippen LogP contribution in [0, 0.1) is 46.3 Å². The second-order valence-corrected chi connectivity index (χ2v) is 11.9. The minimum atomic E-state index is 0.763. The molecule has 0 radical (unpaired) electrons. The van der Waals surface area contributed by atoms with Gasteiger partial charge >= 0.3 is 0 Å². The molecular weight excluding hydrogens is 288 g/mol. The number of hydrogen-bond donors (Lipinski definition) is 0. The lowest BCUT2D eigenvalue weighted by molar-refractivity contribution is -0.0920. The summed E-state index contributed by atoms with van der Waals surface area (Å²) in [6.45, 7) is 5.09. The minimum absolute atomic E-state index is 0.763. The Morgan fingerprint density at radius 3 is 1.42 bits per heavy atom. The molecule has 7 aliphatic carbocycles. The molecular formula is C24H40. The summed E-state index contributed by atoms with van der Waals surface area (Å²) in [4.78, 5) is 0. The van der Waals surface area contributed by atoms with E-state index >= 15 is 0 Å². The standard InChI is InChI=1S/2C12H20/c1-11-4-9-3-10(5-11)7-12(2,6-9)8-11;1-3-9-4-2-6-11-8-7-10(5-1)12(9)11/h9-10H,3-8H2,1-2H3;9-12H,1-8H2. The smallest absolute Gasteiger partial charge is 0.0315 e. The fourth-order valence-corrected chi connectivity index (χ4v) is 9.68. The van der Waals surface area contributed by atoms with E-state index in [-0.39, 0.29) is 0 Å². The molecule has 7 saturated carbocycles. The van der Waals surface area contributed by atoms with E-state index < -0.39 is 0 Å². The maximum atomic E-state index is 2.54. The zero-order chi connectivity index (χ0) is 16.4. The van der Waals surface area contributed by atoms with Gasteiger partial charge in [-0.15, -0.1) is 0 Å². The van der Waals surface area contributed by atoms with Crippen LogP contribution in [0.5, 0.6) is 0 Å². The minimum Gasteiger partial charge on any atom is -0.0596 e. The van der Waals surface area contributed by atoms with Gasteiger partial charge < -0.3 is 0 Å². The molecule has 7 aliphatic rings. The van der Waals surface area contributed by atoms with Gasteiger partial charge in [0.25, 0.3) is 0 Å². The fourth-order valence-electron chi connectivity index (χ4n) is 9.68. The third-order valence-electron chi connectivity index (χ3n) is 9.49. The van der Waals surface area contributed by atoms with E-state index in [1.807, 2.05) is 0 Å². The molecule has 4 bridgehead atoms. The normalized spacial score (nSPS) is 57.2. The van der Waals surface area contributed by atoms with Crippen molar-refractivity contribution in [3.8, 4) is 0 Å². The second-order valence-electron chi connectivity index (χ2n) is 11.9. The zero-order valence-corrected chi connectivity index (χ0v) is 16.4. The summed E-state index contributed by atoms with van der Waals surface area (Å²) in [5, 5.41) is 0. The average Bonchev–Trinajstić information content (AvgIpc) is 2.90. The van der Waals surface area contributed by atoms with Gasteiger partial charge in [0.2, 0.25) is 0 Å². The van der Waals surface area contributed by atoms with Gasteiger partial charge in [0.15, 0.2) is 0 Å². The second kappa shape index (κ2) is 5.75. The lowest BCUT2D eigenvalue weighted by Gasteiger charge is -2.60. The van der Waals surface area contributed by atoms with Crippen LogP contribution >= 0.6 is 0 Å². The van der Waals surface area contributed by atoms with Crippen molar-refractivity contribution >= 4 is 0 Å². The van der Waals surface area contributed by atoms with Crippen LogP contribution in [0.15, 0.2) is 0 Å². The Labute approximate surface area is 150 Å². The topological polar surface area (TPSA) is 0 Å². The van der Waals surface area contributed by atoms with E-state index in [2.05, 4.69) is 13.8 Å². The highest BCUT2D eigenvalue weighted by Gasteiger charge is 2.53. The Morgan fingerprint density at radius 2 is 1.00 bits per heavy atom. The van der Waals surface area contributed by atoms with Crippen molar-refractivity contribution < 1.29 is 0 Å². The van der Waals surface area contributed by atoms with Crippen molar-refractivity contribution in [1.82, 2.24) is 0 Å². The van der Waals surface area contributed by atoms with Crippen LogP contribution in [0.3, 0.4) is 0 Å². The van der Waals surface area contributed by atoms with Gasteiger partial charge in [-0.1, -0.05) is 52.4 Å². The van der Waals surface area contributed by atoms with Gasteiger partial charge in [-0.25, -0.2) is 0 Å². The Balaban J connectivity index is 0.000000109. The van der Waals surface area contributed by atoms with Gasteiger partial charge in [-0.3, -0.25) is 0 Å². The van der Waals surface area contributed by atoms with Crippen molar-refractivity contribution in [3.05, 3.63) is 0 Å². The molecule has 0 saturated heterocycles. The van der Waals surface area contributed by atoms with Gasteiger partial charge in [0.1, 0.15) is 0 Å². The highest BCUT2D eigenvalue weighted by Crippen LogP contribution is 2.64. The van der Waals surface area contributed by atoms with Crippen LogP contribution in [0.2, 0.25) is 0 Å². The van der Waals surface area contributed by atoms with Crippen LogP contribution in [0.25, 0.3) is 0 Å². The Kier molecular flexibility index (Phi) is 3.88. The fraction of sp³-hybridized carbons (Fsp3) is 1.00. The maximum Gasteiger partial charge on any atom is -0.0315 e. The monoisotopic (exact) mass is 328 g/mol. The van der Waals surface area contributed by atoms with Crippen LogP contribution in [-0.4, -0.2) is 0 Å². The summed E-state index contributed by atoms with van der Waals surface area (Å²) in [7, 11) is 0. The quantitative estimate of drug-likeness (QED) is 0.440. The molecule has 0 aromatic rings. The van der Waals surface area contributed by atoms with Crippen LogP contribution in [-0.2, 0) is 0 Å². The SMILES string of the molecule is C1CC2CCCC3CCC(C1)C23.CC12CC3CC(C1)CC(C)(C3)C2. The molecule has 0 aromatic heterocycles. The van der Waals surface area contributed by atoms with E-state index in [0.29, 0.717) is 0 Å². The van der Waals surface area contributed by atoms with Crippen molar-refractivity contribution in [2.75, 3.05) is 0 Å². The number of hydrogen-bond acceptors (Lipinski definition) is 0. The van der Waals surface area contributed by atoms with Crippen molar-refractivity contribution in [1.29, 1.82) is 0 Å². The van der Waals surface area contributed by atoms with E-state index in [9.17, 15) is 0 Å². The first-order valence-electron chi connectivity index (χ1n) is 11.5. The first-order valence-corrected chi connectivity index (χ1v) is 11.5. The molecule has 24 heavy (non-hydrogen) atoms. The lowest BCUT2D eigenvalue weighted by Crippen LogP contribution is -2.49. The van der Waals surface area contributed by atoms with E-state index in [1.54, 1.807) is 83.5 Å². The third-order valence-corrected chi connectivity index (χ3v) is 9.49. The summed E-state index contributed by atoms with van der Waals surface area (Å²) in [6.07, 6.45) is 21.9. The molecule has 7 rings (SSSR count). The molecule has 2 unspecified atom stereocenters. The first-order chi connectivity index (χ1) is 11.5. The highest BCUT2D eigenvalue weighted by atomic mass is 14.6. The molecule has 0 amide bonds. The summed E-state index contributed by atoms with van der Waals surface area (Å²) in [5.41, 5.74) is 1.53. The molecule has 136 valence electrons. The molecule has 0 heterocycles. The van der Waals surface area contributed by atoms with E-state index in [1.165, 1.54) is 30.1 Å². The molecule has 7 fully saturated rings. The molecule has 0 aliphatic heterocycles.